The van der Waals surface area contributed by atoms with Gasteiger partial charge in [0, 0.05) is 6.26 Å². The second-order valence-corrected chi connectivity index (χ2v) is 3.43. The number of hydrogen-bond donors (Lipinski definition) is 2. The normalized spacial score (nSPS) is 36.2. The molecule has 3 atom stereocenters. The van der Waals surface area contributed by atoms with Crippen LogP contribution in [0.4, 0.5) is 0 Å². The van der Waals surface area contributed by atoms with Crippen molar-refractivity contribution in [3.05, 3.63) is 0 Å². The van der Waals surface area contributed by atoms with Crippen LogP contribution in [0.15, 0.2) is 0 Å². The predicted molar refractivity (Wildman–Crippen MR) is 37.8 cm³/mol. The molecule has 1 rings (SSSR count). The van der Waals surface area contributed by atoms with Gasteiger partial charge in [-0.2, -0.15) is 0 Å². The first-order valence-corrected chi connectivity index (χ1v) is 4.61. The third kappa shape index (κ3) is 2.02. The molecule has 0 bridgehead atoms. The van der Waals surface area contributed by atoms with Crippen molar-refractivity contribution in [2.75, 3.05) is 19.5 Å². The monoisotopic (exact) mass is 165 g/mol. The fraction of sp³-hybridized carbons (Fsp3) is 1.00. The number of rotatable bonds is 2. The van der Waals surface area contributed by atoms with Crippen molar-refractivity contribution in [2.24, 2.45) is 0 Å². The molecule has 5 heteroatoms. The molecule has 10 heavy (non-hydrogen) atoms. The second kappa shape index (κ2) is 3.43. The maximum absolute atomic E-state index is 10.6. The first kappa shape index (κ1) is 8.13. The third-order valence-corrected chi connectivity index (χ3v) is 2.00. The van der Waals surface area contributed by atoms with Crippen molar-refractivity contribution in [1.29, 1.82) is 0 Å². The van der Waals surface area contributed by atoms with Crippen molar-refractivity contribution in [2.45, 2.75) is 12.1 Å². The molecular formula is C5H11NO3S. The molecule has 0 aliphatic carbocycles. The highest BCUT2D eigenvalue weighted by molar-refractivity contribution is 7.82. The van der Waals surface area contributed by atoms with E-state index in [2.05, 4.69) is 4.72 Å². The molecule has 1 heterocycles. The van der Waals surface area contributed by atoms with Crippen LogP contribution in [0.5, 0.6) is 0 Å². The average Bonchev–Trinajstić information content (AvgIpc) is 2.15. The molecule has 0 aromatic heterocycles. The highest BCUT2D eigenvalue weighted by Crippen LogP contribution is 2.04. The van der Waals surface area contributed by atoms with E-state index in [1.54, 1.807) is 0 Å². The molecule has 1 aliphatic heterocycles. The van der Waals surface area contributed by atoms with Gasteiger partial charge in [-0.25, -0.2) is 8.93 Å². The maximum atomic E-state index is 10.6. The Morgan fingerprint density at radius 1 is 1.70 bits per heavy atom. The molecule has 0 radical (unpaired) electrons. The van der Waals surface area contributed by atoms with Gasteiger partial charge in [0.05, 0.1) is 36.3 Å². The highest BCUT2D eigenvalue weighted by Gasteiger charge is 2.26. The van der Waals surface area contributed by atoms with Gasteiger partial charge in [-0.15, -0.1) is 0 Å². The van der Waals surface area contributed by atoms with Crippen molar-refractivity contribution < 1.29 is 14.1 Å². The van der Waals surface area contributed by atoms with Crippen LogP contribution in [0.1, 0.15) is 0 Å². The number of aliphatic hydroxyl groups is 1. The van der Waals surface area contributed by atoms with Crippen molar-refractivity contribution in [1.82, 2.24) is 4.72 Å². The first-order valence-electron chi connectivity index (χ1n) is 3.05. The van der Waals surface area contributed by atoms with Crippen LogP contribution in [0.2, 0.25) is 0 Å². The highest BCUT2D eigenvalue weighted by atomic mass is 32.2. The molecule has 0 spiro atoms. The van der Waals surface area contributed by atoms with Crippen LogP contribution < -0.4 is 4.72 Å². The Bertz CT molecular complexity index is 141. The first-order chi connectivity index (χ1) is 4.70. The van der Waals surface area contributed by atoms with Gasteiger partial charge in [0.1, 0.15) is 0 Å². The van der Waals surface area contributed by atoms with Crippen LogP contribution in [0.3, 0.4) is 0 Å². The van der Waals surface area contributed by atoms with Gasteiger partial charge in [-0.3, -0.25) is 0 Å². The lowest BCUT2D eigenvalue weighted by molar-refractivity contribution is 0.124. The van der Waals surface area contributed by atoms with Crippen LogP contribution in [0.25, 0.3) is 0 Å². The van der Waals surface area contributed by atoms with Gasteiger partial charge in [-0.1, -0.05) is 0 Å². The standard InChI is InChI=1S/C5H11NO3S/c1-10(8)6-4-2-9-3-5(4)7/h4-7H,2-3H2,1H3/t4-,5-,10?/m1/s1. The Morgan fingerprint density at radius 3 is 2.80 bits per heavy atom. The van der Waals surface area contributed by atoms with Crippen molar-refractivity contribution >= 4 is 11.0 Å². The number of hydrogen-bond acceptors (Lipinski definition) is 3. The van der Waals surface area contributed by atoms with E-state index in [4.69, 9.17) is 9.84 Å². The van der Waals surface area contributed by atoms with Gasteiger partial charge in [0.2, 0.25) is 0 Å². The molecular weight excluding hydrogens is 154 g/mol. The molecule has 1 saturated heterocycles. The Kier molecular flexibility index (Phi) is 2.79. The molecule has 0 aromatic rings. The smallest absolute Gasteiger partial charge is 0.0958 e. The topological polar surface area (TPSA) is 58.6 Å². The summed E-state index contributed by atoms with van der Waals surface area (Å²) in [6, 6.07) is -0.161. The van der Waals surface area contributed by atoms with Gasteiger partial charge in [0.15, 0.2) is 0 Å². The fourth-order valence-corrected chi connectivity index (χ4v) is 1.52. The molecule has 2 N–H and O–H groups in total. The van der Waals surface area contributed by atoms with E-state index in [-0.39, 0.29) is 6.04 Å². The summed E-state index contributed by atoms with van der Waals surface area (Å²) < 4.78 is 18.2. The molecule has 4 nitrogen and oxygen atoms in total. The van der Waals surface area contributed by atoms with E-state index in [9.17, 15) is 4.21 Å². The van der Waals surface area contributed by atoms with Crippen LogP contribution in [0, 0.1) is 0 Å². The van der Waals surface area contributed by atoms with Crippen LogP contribution in [-0.4, -0.2) is 40.9 Å². The lowest BCUT2D eigenvalue weighted by atomic mass is 10.2. The zero-order valence-electron chi connectivity index (χ0n) is 5.74. The summed E-state index contributed by atoms with van der Waals surface area (Å²) in [4.78, 5) is 0. The summed E-state index contributed by atoms with van der Waals surface area (Å²) in [7, 11) is -1.07. The van der Waals surface area contributed by atoms with Gasteiger partial charge >= 0.3 is 0 Å². The van der Waals surface area contributed by atoms with E-state index in [1.165, 1.54) is 6.26 Å². The average molecular weight is 165 g/mol. The van der Waals surface area contributed by atoms with Gasteiger partial charge in [0.25, 0.3) is 0 Å². The lowest BCUT2D eigenvalue weighted by Gasteiger charge is -2.10. The Hall–Kier alpha value is 0.0300. The largest absolute Gasteiger partial charge is 0.389 e. The minimum absolute atomic E-state index is 0.161. The molecule has 1 aliphatic rings. The molecule has 60 valence electrons. The Balaban J connectivity index is 2.33. The third-order valence-electron chi connectivity index (χ3n) is 1.37. The van der Waals surface area contributed by atoms with E-state index in [0.717, 1.165) is 0 Å². The summed E-state index contributed by atoms with van der Waals surface area (Å²) in [5.41, 5.74) is 0. The molecule has 0 amide bonds. The Labute approximate surface area is 62.2 Å². The summed E-state index contributed by atoms with van der Waals surface area (Å²) in [6.45, 7) is 0.787. The van der Waals surface area contributed by atoms with E-state index < -0.39 is 17.1 Å². The molecule has 1 unspecified atom stereocenters. The van der Waals surface area contributed by atoms with Gasteiger partial charge < -0.3 is 9.84 Å². The zero-order chi connectivity index (χ0) is 7.56. The molecule has 0 saturated carbocycles. The Morgan fingerprint density at radius 2 is 2.40 bits per heavy atom. The quantitative estimate of drug-likeness (QED) is 0.530. The summed E-state index contributed by atoms with van der Waals surface area (Å²) in [5, 5.41) is 9.12. The fourth-order valence-electron chi connectivity index (χ4n) is 0.869. The number of ether oxygens (including phenoxy) is 1. The summed E-state index contributed by atoms with van der Waals surface area (Å²) in [6.07, 6.45) is 1.02. The van der Waals surface area contributed by atoms with Crippen LogP contribution >= 0.6 is 0 Å². The summed E-state index contributed by atoms with van der Waals surface area (Å²) in [5.74, 6) is 0. The maximum Gasteiger partial charge on any atom is 0.0958 e. The minimum Gasteiger partial charge on any atom is -0.389 e. The minimum atomic E-state index is -1.07. The second-order valence-electron chi connectivity index (χ2n) is 2.28. The summed E-state index contributed by atoms with van der Waals surface area (Å²) >= 11 is 0. The lowest BCUT2D eigenvalue weighted by Crippen LogP contribution is -2.39. The van der Waals surface area contributed by atoms with E-state index in [1.807, 2.05) is 0 Å². The number of nitrogens with one attached hydrogen (secondary N) is 1. The van der Waals surface area contributed by atoms with E-state index >= 15 is 0 Å². The van der Waals surface area contributed by atoms with Crippen molar-refractivity contribution in [3.8, 4) is 0 Å². The van der Waals surface area contributed by atoms with Crippen LogP contribution in [-0.2, 0) is 15.7 Å². The zero-order valence-corrected chi connectivity index (χ0v) is 6.56. The van der Waals surface area contributed by atoms with Gasteiger partial charge in [-0.05, 0) is 0 Å². The van der Waals surface area contributed by atoms with Crippen molar-refractivity contribution in [3.63, 3.8) is 0 Å². The SMILES string of the molecule is CS(=O)N[C@@H]1COC[C@H]1O. The van der Waals surface area contributed by atoms with E-state index in [0.29, 0.717) is 13.2 Å². The molecule has 1 fully saturated rings. The predicted octanol–water partition coefficient (Wildman–Crippen LogP) is -1.37. The molecule has 0 aromatic carbocycles. The number of aliphatic hydroxyl groups excluding tert-OH is 1.